The van der Waals surface area contributed by atoms with Crippen LogP contribution in [-0.2, 0) is 10.5 Å². The van der Waals surface area contributed by atoms with Gasteiger partial charge < -0.3 is 0 Å². The minimum atomic E-state index is -3.11. The quantitative estimate of drug-likeness (QED) is 0.731. The fraction of sp³-hybridized carbons (Fsp3) is 1.00. The Morgan fingerprint density at radius 1 is 1.62 bits per heavy atom. The van der Waals surface area contributed by atoms with Gasteiger partial charge in [-0.25, -0.2) is 0 Å². The minimum absolute atomic E-state index is 0.149. The summed E-state index contributed by atoms with van der Waals surface area (Å²) in [6.45, 7) is 1.80. The Bertz CT molecular complexity index is 139. The van der Waals surface area contributed by atoms with Crippen molar-refractivity contribution in [3.63, 3.8) is 0 Å². The molecule has 3 nitrogen and oxygen atoms in total. The molecule has 0 aromatic carbocycles. The molecule has 0 radical (unpaired) electrons. The van der Waals surface area contributed by atoms with Crippen molar-refractivity contribution in [3.8, 4) is 0 Å². The normalized spacial score (nSPS) is 11.5. The second kappa shape index (κ2) is 4.16. The molecule has 0 aromatic rings. The summed E-state index contributed by atoms with van der Waals surface area (Å²) in [6.07, 6.45) is 0.630. The molecule has 0 unspecified atom stereocenters. The molecular weight excluding hydrogens is 256 g/mol. The van der Waals surface area contributed by atoms with Crippen molar-refractivity contribution in [1.82, 2.24) is 0 Å². The summed E-state index contributed by atoms with van der Waals surface area (Å²) in [6, 6.07) is 0. The van der Waals surface area contributed by atoms with E-state index in [9.17, 15) is 8.42 Å². The molecule has 0 rings (SSSR count). The summed E-state index contributed by atoms with van der Waals surface area (Å²) in [5.74, 6) is 0.149. The molecule has 0 N–H and O–H groups in total. The Hall–Kier alpha value is 1.29. The average Bonchev–Trinajstić information content (AvgIpc) is 1.67. The Labute approximate surface area is 77.3 Å². The average molecular weight is 263 g/mol. The van der Waals surface area contributed by atoms with Crippen LogP contribution >= 0.6 is 0 Å². The summed E-state index contributed by atoms with van der Waals surface area (Å²) < 4.78 is 25.1. The van der Waals surface area contributed by atoms with Gasteiger partial charge in [-0.1, -0.05) is 0 Å². The first-order valence-corrected chi connectivity index (χ1v) is 5.06. The fourth-order valence-corrected chi connectivity index (χ4v) is 1.66. The zero-order valence-electron chi connectivity index (χ0n) is 4.55. The van der Waals surface area contributed by atoms with Gasteiger partial charge in [-0.3, -0.25) is 0 Å². The Morgan fingerprint density at radius 2 is 2.12 bits per heavy atom. The Kier molecular flexibility index (Phi) is 4.83. The van der Waals surface area contributed by atoms with Gasteiger partial charge >= 0.3 is 78.3 Å². The van der Waals surface area contributed by atoms with E-state index in [1.807, 2.05) is 0 Å². The van der Waals surface area contributed by atoms with Crippen LogP contribution in [0.2, 0.25) is 0 Å². The number of rotatable bonds is 3. The molecule has 5 heteroatoms. The van der Waals surface area contributed by atoms with Crippen molar-refractivity contribution in [2.24, 2.45) is 0 Å². The molecule has 0 aromatic heterocycles. The first-order valence-electron chi connectivity index (χ1n) is 2.20. The molecule has 0 heterocycles. The van der Waals surface area contributed by atoms with Crippen LogP contribution in [0.4, 0.5) is 0 Å². The van der Waals surface area contributed by atoms with Crippen LogP contribution in [-0.4, -0.2) is 14.2 Å². The summed E-state index contributed by atoms with van der Waals surface area (Å²) in [7, 11) is -3.11. The van der Waals surface area contributed by atoms with Crippen molar-refractivity contribution in [1.29, 1.82) is 0 Å². The van der Waals surface area contributed by atoms with Crippen molar-refractivity contribution < 1.29 is 49.1 Å². The second-order valence-electron chi connectivity index (χ2n) is 1.35. The van der Waals surface area contributed by atoms with Crippen molar-refractivity contribution in [3.05, 3.63) is 0 Å². The zero-order valence-corrected chi connectivity index (χ0v) is 8.50. The van der Waals surface area contributed by atoms with Gasteiger partial charge in [-0.2, -0.15) is 0 Å². The van der Waals surface area contributed by atoms with Crippen LogP contribution in [0.1, 0.15) is 13.3 Å². The molecule has 0 atom stereocenters. The Balaban J connectivity index is 3.76. The van der Waals surface area contributed by atoms with E-state index < -0.39 is 10.1 Å². The molecule has 8 heavy (non-hydrogen) atoms. The third-order valence-corrected chi connectivity index (χ3v) is 4.14. The molecule has 0 aliphatic rings. The van der Waals surface area contributed by atoms with Gasteiger partial charge in [0.15, 0.2) is 0 Å². The molecule has 0 aliphatic carbocycles. The van der Waals surface area contributed by atoms with Gasteiger partial charge in [0.1, 0.15) is 0 Å². The monoisotopic (exact) mass is 263 g/mol. The number of hydrogen-bond acceptors (Lipinski definition) is 3. The van der Waals surface area contributed by atoms with Gasteiger partial charge in [0.05, 0.1) is 0 Å². The molecular formula is C3H7CeO3S. The molecule has 0 bridgehead atoms. The van der Waals surface area contributed by atoms with Gasteiger partial charge in [-0.15, -0.1) is 0 Å². The van der Waals surface area contributed by atoms with E-state index in [0.29, 0.717) is 6.42 Å². The van der Waals surface area contributed by atoms with E-state index in [1.165, 1.54) is 0 Å². The summed E-state index contributed by atoms with van der Waals surface area (Å²) >= 11 is 0.274. The standard InChI is InChI=1S/C3H8O3S.Ce/c1-2-3-7(4,5)6;/h2-3H2,1H3,(H,4,5,6);/q;+1/p-1. The fourth-order valence-electron chi connectivity index (χ4n) is 0.292. The van der Waals surface area contributed by atoms with Gasteiger partial charge in [0, 0.05) is 0 Å². The molecule has 0 spiro atoms. The van der Waals surface area contributed by atoms with E-state index in [4.69, 9.17) is 0 Å². The summed E-state index contributed by atoms with van der Waals surface area (Å²) in [5, 5.41) is 0. The van der Waals surface area contributed by atoms with Crippen molar-refractivity contribution in [2.75, 3.05) is 5.75 Å². The van der Waals surface area contributed by atoms with E-state index in [-0.39, 0.29) is 46.0 Å². The van der Waals surface area contributed by atoms with Crippen LogP contribution in [0.5, 0.6) is 0 Å². The third-order valence-electron chi connectivity index (χ3n) is 0.581. The van der Waals surface area contributed by atoms with E-state index in [1.54, 1.807) is 6.92 Å². The van der Waals surface area contributed by atoms with Gasteiger partial charge in [-0.05, 0) is 0 Å². The Morgan fingerprint density at radius 3 is 2.25 bits per heavy atom. The summed E-state index contributed by atoms with van der Waals surface area (Å²) in [4.78, 5) is 0. The molecule has 0 fully saturated rings. The molecule has 0 amide bonds. The van der Waals surface area contributed by atoms with Crippen LogP contribution in [0, 0.1) is 40.2 Å². The van der Waals surface area contributed by atoms with E-state index >= 15 is 0 Å². The molecule has 0 saturated heterocycles. The molecule has 0 saturated carbocycles. The predicted molar refractivity (Wildman–Crippen MR) is 25.2 cm³/mol. The van der Waals surface area contributed by atoms with Crippen LogP contribution in [0.15, 0.2) is 0 Å². The van der Waals surface area contributed by atoms with Crippen molar-refractivity contribution in [2.45, 2.75) is 13.3 Å². The van der Waals surface area contributed by atoms with Crippen LogP contribution < -0.4 is 0 Å². The first-order chi connectivity index (χ1) is 3.62. The zero-order chi connectivity index (χ0) is 6.62. The van der Waals surface area contributed by atoms with Gasteiger partial charge in [0.2, 0.25) is 0 Å². The predicted octanol–water partition coefficient (Wildman–Crippen LogP) is 0.207. The van der Waals surface area contributed by atoms with Crippen LogP contribution in [0.3, 0.4) is 0 Å². The first kappa shape index (κ1) is 9.29. The summed E-state index contributed by atoms with van der Waals surface area (Å²) in [5.41, 5.74) is 0. The van der Waals surface area contributed by atoms with Crippen molar-refractivity contribution >= 4 is 10.1 Å². The maximum atomic E-state index is 10.4. The van der Waals surface area contributed by atoms with Gasteiger partial charge in [0.25, 0.3) is 0 Å². The third kappa shape index (κ3) is 4.19. The second-order valence-corrected chi connectivity index (χ2v) is 4.61. The maximum absolute atomic E-state index is 10.4. The van der Waals surface area contributed by atoms with E-state index in [0.717, 1.165) is 0 Å². The molecule has 47 valence electrons. The van der Waals surface area contributed by atoms with Crippen LogP contribution in [0.25, 0.3) is 0 Å². The molecule has 0 aliphatic heterocycles. The SMILES string of the molecule is CCCS(=O)(=O)[O][Ce]. The van der Waals surface area contributed by atoms with E-state index in [2.05, 4.69) is 0.398 Å². The number of hydrogen-bond donors (Lipinski definition) is 0. The topological polar surface area (TPSA) is 43.4 Å².